The van der Waals surface area contributed by atoms with Gasteiger partial charge in [0.1, 0.15) is 5.45 Å². The predicted octanol–water partition coefficient (Wildman–Crippen LogP) is 1.79. The van der Waals surface area contributed by atoms with E-state index in [0.29, 0.717) is 4.90 Å². The number of halogens is 1. The Morgan fingerprint density at radius 2 is 2.00 bits per heavy atom. The Morgan fingerprint density at radius 3 is 2.54 bits per heavy atom. The van der Waals surface area contributed by atoms with Crippen LogP contribution in [0.5, 0.6) is 0 Å². The Kier molecular flexibility index (Phi) is 3.47. The van der Waals surface area contributed by atoms with Crippen LogP contribution in [-0.4, -0.2) is 8.42 Å². The van der Waals surface area contributed by atoms with Crippen LogP contribution >= 0.6 is 15.9 Å². The maximum absolute atomic E-state index is 11.5. The summed E-state index contributed by atoms with van der Waals surface area (Å²) in [4.78, 5) is 0.297. The second-order valence-electron chi connectivity index (χ2n) is 2.50. The third-order valence-electron chi connectivity index (χ3n) is 1.58. The molecule has 0 saturated carbocycles. The summed E-state index contributed by atoms with van der Waals surface area (Å²) >= 11 is 2.89. The van der Waals surface area contributed by atoms with Crippen molar-refractivity contribution in [1.82, 2.24) is 4.72 Å². The van der Waals surface area contributed by atoms with Crippen molar-refractivity contribution >= 4 is 26.0 Å². The Balaban J connectivity index is 3.15. The zero-order valence-corrected chi connectivity index (χ0v) is 9.39. The van der Waals surface area contributed by atoms with Crippen molar-refractivity contribution in [2.45, 2.75) is 11.8 Å². The van der Waals surface area contributed by atoms with Gasteiger partial charge in [-0.2, -0.15) is 4.72 Å². The molecule has 0 aliphatic heterocycles. The molecule has 0 amide bonds. The minimum absolute atomic E-state index is 0.297. The number of benzene rings is 1. The molecule has 0 aliphatic carbocycles. The molecule has 5 heteroatoms. The molecule has 0 aromatic heterocycles. The van der Waals surface area contributed by atoms with E-state index in [-0.39, 0.29) is 0 Å². The largest absolute Gasteiger partial charge is 0.241 e. The monoisotopic (exact) mass is 262 g/mol. The standard InChI is InChI=1S/C8H9BrNO2S/c1-7-4-2-3-5-8(7)13(11,12)10-6-9/h2-6,10H,1H3. The van der Waals surface area contributed by atoms with Crippen LogP contribution in [0.1, 0.15) is 5.56 Å². The highest BCUT2D eigenvalue weighted by molar-refractivity contribution is 9.10. The molecule has 0 bridgehead atoms. The number of sulfonamides is 1. The van der Waals surface area contributed by atoms with E-state index in [1.807, 2.05) is 0 Å². The Hall–Kier alpha value is -0.390. The van der Waals surface area contributed by atoms with Crippen molar-refractivity contribution in [3.05, 3.63) is 35.3 Å². The summed E-state index contributed by atoms with van der Waals surface area (Å²) in [5.74, 6) is 0. The molecule has 1 radical (unpaired) electrons. The summed E-state index contributed by atoms with van der Waals surface area (Å²) in [5.41, 5.74) is 1.94. The number of nitrogens with one attached hydrogen (secondary N) is 1. The molecule has 0 aliphatic rings. The molecule has 0 atom stereocenters. The number of hydrogen-bond acceptors (Lipinski definition) is 2. The van der Waals surface area contributed by atoms with Gasteiger partial charge in [0.15, 0.2) is 0 Å². The van der Waals surface area contributed by atoms with E-state index in [1.54, 1.807) is 31.2 Å². The zero-order valence-electron chi connectivity index (χ0n) is 6.99. The number of hydrogen-bond donors (Lipinski definition) is 1. The van der Waals surface area contributed by atoms with Crippen molar-refractivity contribution in [3.8, 4) is 0 Å². The van der Waals surface area contributed by atoms with Gasteiger partial charge in [0, 0.05) is 0 Å². The molecular weight excluding hydrogens is 254 g/mol. The molecule has 1 aromatic carbocycles. The van der Waals surface area contributed by atoms with Gasteiger partial charge in [0.05, 0.1) is 4.90 Å². The van der Waals surface area contributed by atoms with Crippen LogP contribution in [0.15, 0.2) is 29.2 Å². The summed E-state index contributed by atoms with van der Waals surface area (Å²) in [5, 5.41) is 0. The van der Waals surface area contributed by atoms with Crippen LogP contribution in [0.3, 0.4) is 0 Å². The summed E-state index contributed by atoms with van der Waals surface area (Å²) in [6.45, 7) is 1.75. The first-order valence-corrected chi connectivity index (χ1v) is 5.97. The molecule has 13 heavy (non-hydrogen) atoms. The van der Waals surface area contributed by atoms with Gasteiger partial charge in [-0.25, -0.2) is 8.42 Å². The van der Waals surface area contributed by atoms with Gasteiger partial charge in [-0.1, -0.05) is 34.1 Å². The van der Waals surface area contributed by atoms with Gasteiger partial charge in [0.2, 0.25) is 10.0 Å². The van der Waals surface area contributed by atoms with Crippen LogP contribution in [0.4, 0.5) is 0 Å². The smallest absolute Gasteiger partial charge is 0.207 e. The molecule has 1 rings (SSSR count). The van der Waals surface area contributed by atoms with Gasteiger partial charge >= 0.3 is 0 Å². The average Bonchev–Trinajstić information content (AvgIpc) is 2.04. The van der Waals surface area contributed by atoms with E-state index in [1.165, 1.54) is 5.45 Å². The van der Waals surface area contributed by atoms with Gasteiger partial charge in [0.25, 0.3) is 0 Å². The average molecular weight is 263 g/mol. The van der Waals surface area contributed by atoms with E-state index < -0.39 is 10.0 Å². The van der Waals surface area contributed by atoms with E-state index >= 15 is 0 Å². The summed E-state index contributed by atoms with van der Waals surface area (Å²) in [6, 6.07) is 6.80. The Labute approximate surface area is 86.3 Å². The molecule has 71 valence electrons. The molecule has 1 aromatic rings. The van der Waals surface area contributed by atoms with E-state index in [4.69, 9.17) is 0 Å². The summed E-state index contributed by atoms with van der Waals surface area (Å²) in [7, 11) is -3.39. The third kappa shape index (κ3) is 2.52. The Morgan fingerprint density at radius 1 is 1.38 bits per heavy atom. The predicted molar refractivity (Wildman–Crippen MR) is 54.7 cm³/mol. The van der Waals surface area contributed by atoms with Gasteiger partial charge in [-0.3, -0.25) is 0 Å². The molecule has 0 fully saturated rings. The first-order chi connectivity index (χ1) is 6.08. The van der Waals surface area contributed by atoms with Crippen LogP contribution < -0.4 is 4.72 Å². The van der Waals surface area contributed by atoms with E-state index in [0.717, 1.165) is 5.56 Å². The summed E-state index contributed by atoms with van der Waals surface area (Å²) < 4.78 is 25.2. The van der Waals surface area contributed by atoms with Crippen molar-refractivity contribution in [2.75, 3.05) is 0 Å². The fraction of sp³-hybridized carbons (Fsp3) is 0.125. The molecule has 0 unspecified atom stereocenters. The lowest BCUT2D eigenvalue weighted by Crippen LogP contribution is -2.19. The lowest BCUT2D eigenvalue weighted by atomic mass is 10.2. The SMILES string of the molecule is Cc1ccccc1S(=O)(=O)N[CH]Br. The van der Waals surface area contributed by atoms with Crippen molar-refractivity contribution < 1.29 is 8.42 Å². The van der Waals surface area contributed by atoms with E-state index in [9.17, 15) is 8.42 Å². The fourth-order valence-corrected chi connectivity index (χ4v) is 2.71. The van der Waals surface area contributed by atoms with Crippen LogP contribution in [0, 0.1) is 12.4 Å². The molecular formula is C8H9BrNO2S. The molecule has 3 nitrogen and oxygen atoms in total. The normalized spacial score (nSPS) is 11.5. The minimum atomic E-state index is -3.39. The number of rotatable bonds is 3. The van der Waals surface area contributed by atoms with Crippen LogP contribution in [0.2, 0.25) is 0 Å². The van der Waals surface area contributed by atoms with Crippen LogP contribution in [0.25, 0.3) is 0 Å². The van der Waals surface area contributed by atoms with Crippen molar-refractivity contribution in [1.29, 1.82) is 0 Å². The topological polar surface area (TPSA) is 46.2 Å². The highest BCUT2D eigenvalue weighted by Gasteiger charge is 2.14. The maximum atomic E-state index is 11.5. The number of aryl methyl sites for hydroxylation is 1. The molecule has 1 N–H and O–H groups in total. The van der Waals surface area contributed by atoms with Crippen molar-refractivity contribution in [2.24, 2.45) is 0 Å². The van der Waals surface area contributed by atoms with E-state index in [2.05, 4.69) is 20.7 Å². The van der Waals surface area contributed by atoms with Crippen molar-refractivity contribution in [3.63, 3.8) is 0 Å². The molecule has 0 heterocycles. The highest BCUT2D eigenvalue weighted by Crippen LogP contribution is 2.13. The maximum Gasteiger partial charge on any atom is 0.241 e. The van der Waals surface area contributed by atoms with Gasteiger partial charge < -0.3 is 0 Å². The lowest BCUT2D eigenvalue weighted by molar-refractivity contribution is 0.589. The fourth-order valence-electron chi connectivity index (χ4n) is 0.980. The second-order valence-corrected chi connectivity index (χ2v) is 4.64. The molecule has 0 spiro atoms. The highest BCUT2D eigenvalue weighted by atomic mass is 79.9. The minimum Gasteiger partial charge on any atom is -0.207 e. The first kappa shape index (κ1) is 10.7. The lowest BCUT2D eigenvalue weighted by Gasteiger charge is -2.05. The van der Waals surface area contributed by atoms with Gasteiger partial charge in [-0.05, 0) is 18.6 Å². The molecule has 0 saturated heterocycles. The van der Waals surface area contributed by atoms with Gasteiger partial charge in [-0.15, -0.1) is 0 Å². The van der Waals surface area contributed by atoms with Crippen LogP contribution in [-0.2, 0) is 10.0 Å². The Bertz CT molecular complexity index is 389. The third-order valence-corrected chi connectivity index (χ3v) is 3.58. The zero-order chi connectivity index (χ0) is 9.90. The quantitative estimate of drug-likeness (QED) is 0.845. The first-order valence-electron chi connectivity index (χ1n) is 3.58. The summed E-state index contributed by atoms with van der Waals surface area (Å²) in [6.07, 6.45) is 0. The second kappa shape index (κ2) is 4.21.